The highest BCUT2D eigenvalue weighted by molar-refractivity contribution is 6.34. The molecule has 7 heteroatoms. The number of amides is 3. The van der Waals surface area contributed by atoms with Gasteiger partial charge in [0, 0.05) is 6.42 Å². The molecule has 0 heterocycles. The van der Waals surface area contributed by atoms with Gasteiger partial charge in [-0.1, -0.05) is 42.5 Å². The van der Waals surface area contributed by atoms with Crippen LogP contribution in [0.15, 0.2) is 54.6 Å². The van der Waals surface area contributed by atoms with Crippen molar-refractivity contribution in [2.45, 2.75) is 19.1 Å². The highest BCUT2D eigenvalue weighted by Gasteiger charge is 2.21. The first-order valence-electron chi connectivity index (χ1n) is 7.61. The van der Waals surface area contributed by atoms with Crippen molar-refractivity contribution in [2.24, 2.45) is 11.5 Å². The zero-order chi connectivity index (χ0) is 18.2. The van der Waals surface area contributed by atoms with Gasteiger partial charge in [0.15, 0.2) is 0 Å². The Balaban J connectivity index is 1.94. The van der Waals surface area contributed by atoms with E-state index in [2.05, 4.69) is 5.32 Å². The maximum absolute atomic E-state index is 11.4. The van der Waals surface area contributed by atoms with Crippen molar-refractivity contribution in [3.05, 3.63) is 65.7 Å². The van der Waals surface area contributed by atoms with Gasteiger partial charge in [-0.25, -0.2) is 0 Å². The van der Waals surface area contributed by atoms with E-state index < -0.39 is 23.8 Å². The third-order valence-electron chi connectivity index (χ3n) is 3.48. The number of hydrogen-bond acceptors (Lipinski definition) is 4. The molecule has 3 amide bonds. The Kier molecular flexibility index (Phi) is 6.11. The van der Waals surface area contributed by atoms with E-state index in [-0.39, 0.29) is 6.42 Å². The van der Waals surface area contributed by atoms with Gasteiger partial charge in [-0.15, -0.1) is 0 Å². The molecular formula is C18H19N3O4. The molecule has 130 valence electrons. The minimum atomic E-state index is -1.17. The van der Waals surface area contributed by atoms with Crippen LogP contribution in [0.4, 0.5) is 0 Å². The molecule has 0 aliphatic heterocycles. The molecule has 0 aliphatic rings. The van der Waals surface area contributed by atoms with Crippen molar-refractivity contribution in [3.63, 3.8) is 0 Å². The van der Waals surface area contributed by atoms with Crippen molar-refractivity contribution in [1.82, 2.24) is 5.32 Å². The first-order chi connectivity index (χ1) is 12.0. The Morgan fingerprint density at radius 1 is 0.920 bits per heavy atom. The molecule has 0 aromatic heterocycles. The third kappa shape index (κ3) is 5.65. The van der Waals surface area contributed by atoms with Crippen LogP contribution in [0.5, 0.6) is 5.75 Å². The van der Waals surface area contributed by atoms with Gasteiger partial charge >= 0.3 is 11.8 Å². The molecule has 1 atom stereocenters. The van der Waals surface area contributed by atoms with Crippen LogP contribution >= 0.6 is 0 Å². The Morgan fingerprint density at radius 2 is 1.56 bits per heavy atom. The van der Waals surface area contributed by atoms with Gasteiger partial charge in [0.1, 0.15) is 18.4 Å². The second-order valence-corrected chi connectivity index (χ2v) is 5.42. The van der Waals surface area contributed by atoms with Crippen LogP contribution in [0.1, 0.15) is 11.1 Å². The fourth-order valence-electron chi connectivity index (χ4n) is 2.15. The second-order valence-electron chi connectivity index (χ2n) is 5.42. The normalized spacial score (nSPS) is 11.4. The van der Waals surface area contributed by atoms with Crippen molar-refractivity contribution in [1.29, 1.82) is 0 Å². The molecule has 1 unspecified atom stereocenters. The van der Waals surface area contributed by atoms with Gasteiger partial charge in [0.05, 0.1) is 0 Å². The lowest BCUT2D eigenvalue weighted by Crippen LogP contribution is -2.49. The largest absolute Gasteiger partial charge is 0.489 e. The molecule has 2 rings (SSSR count). The van der Waals surface area contributed by atoms with E-state index in [0.717, 1.165) is 11.1 Å². The fourth-order valence-corrected chi connectivity index (χ4v) is 2.15. The number of rotatable bonds is 7. The zero-order valence-corrected chi connectivity index (χ0v) is 13.5. The van der Waals surface area contributed by atoms with Gasteiger partial charge in [0.2, 0.25) is 5.91 Å². The number of carbonyl (C=O) groups is 3. The number of hydrogen-bond donors (Lipinski definition) is 3. The number of benzene rings is 2. The lowest BCUT2D eigenvalue weighted by atomic mass is 10.1. The number of ether oxygens (including phenoxy) is 1. The molecule has 0 saturated carbocycles. The zero-order valence-electron chi connectivity index (χ0n) is 13.5. The summed E-state index contributed by atoms with van der Waals surface area (Å²) in [6.07, 6.45) is 0.146. The average molecular weight is 341 g/mol. The number of nitrogens with two attached hydrogens (primary N) is 2. The van der Waals surface area contributed by atoms with E-state index in [1.807, 2.05) is 30.3 Å². The lowest BCUT2D eigenvalue weighted by Gasteiger charge is -2.14. The van der Waals surface area contributed by atoms with E-state index >= 15 is 0 Å². The summed E-state index contributed by atoms with van der Waals surface area (Å²) in [5.74, 6) is -2.30. The third-order valence-corrected chi connectivity index (χ3v) is 3.48. The average Bonchev–Trinajstić information content (AvgIpc) is 2.61. The number of carbonyl (C=O) groups excluding carboxylic acids is 3. The molecule has 25 heavy (non-hydrogen) atoms. The Morgan fingerprint density at radius 3 is 2.12 bits per heavy atom. The van der Waals surface area contributed by atoms with Crippen molar-refractivity contribution >= 4 is 17.7 Å². The maximum atomic E-state index is 11.4. The van der Waals surface area contributed by atoms with Gasteiger partial charge in [-0.05, 0) is 23.3 Å². The predicted molar refractivity (Wildman–Crippen MR) is 91.2 cm³/mol. The van der Waals surface area contributed by atoms with Crippen LogP contribution in [0.2, 0.25) is 0 Å². The highest BCUT2D eigenvalue weighted by Crippen LogP contribution is 2.15. The summed E-state index contributed by atoms with van der Waals surface area (Å²) in [6.45, 7) is 0.443. The highest BCUT2D eigenvalue weighted by atomic mass is 16.5. The summed E-state index contributed by atoms with van der Waals surface area (Å²) in [5, 5.41) is 2.21. The Labute approximate surface area is 145 Å². The van der Waals surface area contributed by atoms with Gasteiger partial charge in [-0.2, -0.15) is 0 Å². The summed E-state index contributed by atoms with van der Waals surface area (Å²) in [4.78, 5) is 33.5. The summed E-state index contributed by atoms with van der Waals surface area (Å²) in [6, 6.07) is 15.7. The molecule has 0 radical (unpaired) electrons. The van der Waals surface area contributed by atoms with Crippen LogP contribution in [0, 0.1) is 0 Å². The van der Waals surface area contributed by atoms with Crippen LogP contribution in [-0.2, 0) is 27.4 Å². The standard InChI is InChI=1S/C18H19N3O4/c19-16(22)15(21-18(24)17(20)23)10-12-6-8-14(9-7-12)25-11-13-4-2-1-3-5-13/h1-9,15H,10-11H2,(H2,19,22)(H2,20,23)(H,21,24). The number of primary amides is 2. The molecule has 2 aromatic carbocycles. The quantitative estimate of drug-likeness (QED) is 0.625. The second kappa shape index (κ2) is 8.49. The van der Waals surface area contributed by atoms with Crippen molar-refractivity contribution in [3.8, 4) is 5.75 Å². The first kappa shape index (κ1) is 18.0. The Hall–Kier alpha value is -3.35. The molecule has 5 N–H and O–H groups in total. The van der Waals surface area contributed by atoms with Crippen molar-refractivity contribution < 1.29 is 19.1 Å². The van der Waals surface area contributed by atoms with E-state index in [4.69, 9.17) is 16.2 Å². The molecule has 0 fully saturated rings. The van der Waals surface area contributed by atoms with Crippen LogP contribution in [0.25, 0.3) is 0 Å². The van der Waals surface area contributed by atoms with Crippen LogP contribution in [0.3, 0.4) is 0 Å². The van der Waals surface area contributed by atoms with Gasteiger partial charge < -0.3 is 21.5 Å². The molecular weight excluding hydrogens is 322 g/mol. The summed E-state index contributed by atoms with van der Waals surface area (Å²) in [7, 11) is 0. The van der Waals surface area contributed by atoms with Crippen molar-refractivity contribution in [2.75, 3.05) is 0 Å². The molecule has 0 saturated heterocycles. The number of nitrogens with one attached hydrogen (secondary N) is 1. The van der Waals surface area contributed by atoms with E-state index in [1.165, 1.54) is 0 Å². The molecule has 0 spiro atoms. The minimum absolute atomic E-state index is 0.146. The van der Waals surface area contributed by atoms with E-state index in [0.29, 0.717) is 12.4 Å². The fraction of sp³-hybridized carbons (Fsp3) is 0.167. The molecule has 7 nitrogen and oxygen atoms in total. The van der Waals surface area contributed by atoms with E-state index in [9.17, 15) is 14.4 Å². The summed E-state index contributed by atoms with van der Waals surface area (Å²) < 4.78 is 5.67. The lowest BCUT2D eigenvalue weighted by molar-refractivity contribution is -0.138. The Bertz CT molecular complexity index is 745. The minimum Gasteiger partial charge on any atom is -0.489 e. The topological polar surface area (TPSA) is 125 Å². The monoisotopic (exact) mass is 341 g/mol. The summed E-state index contributed by atoms with van der Waals surface area (Å²) in [5.41, 5.74) is 11.9. The molecule has 0 aliphatic carbocycles. The maximum Gasteiger partial charge on any atom is 0.309 e. The summed E-state index contributed by atoms with van der Waals surface area (Å²) >= 11 is 0. The van der Waals surface area contributed by atoms with Gasteiger partial charge in [-0.3, -0.25) is 14.4 Å². The molecule has 2 aromatic rings. The first-order valence-corrected chi connectivity index (χ1v) is 7.61. The predicted octanol–water partition coefficient (Wildman–Crippen LogP) is 0.263. The molecule has 0 bridgehead atoms. The van der Waals surface area contributed by atoms with Crippen LogP contribution in [-0.4, -0.2) is 23.8 Å². The SMILES string of the molecule is NC(=O)C(=O)NC(Cc1ccc(OCc2ccccc2)cc1)C(N)=O. The smallest absolute Gasteiger partial charge is 0.309 e. The van der Waals surface area contributed by atoms with Crippen LogP contribution < -0.4 is 21.5 Å². The van der Waals surface area contributed by atoms with Gasteiger partial charge in [0.25, 0.3) is 0 Å². The van der Waals surface area contributed by atoms with E-state index in [1.54, 1.807) is 24.3 Å².